The van der Waals surface area contributed by atoms with Gasteiger partial charge in [0.25, 0.3) is 0 Å². The molecule has 1 aromatic rings. The molecular weight excluding hydrogens is 299 g/mol. The number of nitrogens with one attached hydrogen (secondary N) is 1. The first kappa shape index (κ1) is 15.0. The average Bonchev–Trinajstić information content (AvgIpc) is 2.44. The molecule has 5 heteroatoms. The van der Waals surface area contributed by atoms with Crippen LogP contribution in [0.4, 0.5) is 18.9 Å². The molecule has 3 rings (SSSR count). The number of hydrogen-bond donors (Lipinski definition) is 1. The zero-order valence-corrected chi connectivity index (χ0v) is 12.5. The lowest BCUT2D eigenvalue weighted by molar-refractivity contribution is -0.137. The summed E-state index contributed by atoms with van der Waals surface area (Å²) in [6, 6.07) is 3.92. The second kappa shape index (κ2) is 5.38. The Morgan fingerprint density at radius 3 is 2.33 bits per heavy atom. The molecule has 2 fully saturated rings. The fourth-order valence-corrected chi connectivity index (χ4v) is 4.01. The Labute approximate surface area is 127 Å². The normalized spacial score (nSPS) is 24.7. The van der Waals surface area contributed by atoms with E-state index in [1.165, 1.54) is 44.6 Å². The number of anilines is 1. The van der Waals surface area contributed by atoms with E-state index in [-0.39, 0.29) is 5.02 Å². The summed E-state index contributed by atoms with van der Waals surface area (Å²) < 4.78 is 37.9. The molecule has 0 heterocycles. The summed E-state index contributed by atoms with van der Waals surface area (Å²) in [6.45, 7) is 0. The monoisotopic (exact) mass is 317 g/mol. The molecule has 1 unspecified atom stereocenters. The SMILES string of the molecule is FC(F)(F)c1ccc(NC2CCC23CCCCC3)c(Cl)c1. The zero-order valence-electron chi connectivity index (χ0n) is 11.8. The third-order valence-corrected chi connectivity index (χ3v) is 5.46. The van der Waals surface area contributed by atoms with Crippen molar-refractivity contribution in [2.75, 3.05) is 5.32 Å². The van der Waals surface area contributed by atoms with E-state index in [4.69, 9.17) is 11.6 Å². The standard InChI is InChI=1S/C16H19ClF3N/c17-12-10-11(16(18,19)20)4-5-13(12)21-14-6-9-15(14)7-2-1-3-8-15/h4-5,10,14,21H,1-3,6-9H2. The van der Waals surface area contributed by atoms with Crippen molar-refractivity contribution in [3.8, 4) is 0 Å². The molecule has 1 nitrogen and oxygen atoms in total. The largest absolute Gasteiger partial charge is 0.416 e. The van der Waals surface area contributed by atoms with E-state index in [0.29, 0.717) is 17.1 Å². The summed E-state index contributed by atoms with van der Waals surface area (Å²) >= 11 is 6.03. The minimum absolute atomic E-state index is 0.155. The second-order valence-electron chi connectivity index (χ2n) is 6.35. The van der Waals surface area contributed by atoms with Crippen LogP contribution < -0.4 is 5.32 Å². The smallest absolute Gasteiger partial charge is 0.381 e. The summed E-state index contributed by atoms with van der Waals surface area (Å²) in [5.74, 6) is 0. The first-order valence-corrected chi connectivity index (χ1v) is 7.92. The Morgan fingerprint density at radius 2 is 1.81 bits per heavy atom. The van der Waals surface area contributed by atoms with Crippen LogP contribution in [-0.2, 0) is 6.18 Å². The third kappa shape index (κ3) is 2.87. The third-order valence-electron chi connectivity index (χ3n) is 5.15. The number of benzene rings is 1. The molecule has 0 amide bonds. The van der Waals surface area contributed by atoms with Crippen LogP contribution in [0.25, 0.3) is 0 Å². The van der Waals surface area contributed by atoms with Crippen molar-refractivity contribution in [3.05, 3.63) is 28.8 Å². The Kier molecular flexibility index (Phi) is 3.85. The summed E-state index contributed by atoms with van der Waals surface area (Å²) in [7, 11) is 0. The van der Waals surface area contributed by atoms with Crippen LogP contribution >= 0.6 is 11.6 Å². The lowest BCUT2D eigenvalue weighted by Gasteiger charge is -2.52. The van der Waals surface area contributed by atoms with Gasteiger partial charge in [-0.1, -0.05) is 30.9 Å². The van der Waals surface area contributed by atoms with Gasteiger partial charge in [-0.3, -0.25) is 0 Å². The molecule has 21 heavy (non-hydrogen) atoms. The molecule has 2 aliphatic rings. The van der Waals surface area contributed by atoms with Crippen LogP contribution in [0, 0.1) is 5.41 Å². The summed E-state index contributed by atoms with van der Waals surface area (Å²) in [5.41, 5.74) is 0.280. The van der Waals surface area contributed by atoms with Gasteiger partial charge < -0.3 is 5.32 Å². The summed E-state index contributed by atoms with van der Waals surface area (Å²) in [4.78, 5) is 0. The van der Waals surface area contributed by atoms with Gasteiger partial charge in [-0.25, -0.2) is 0 Å². The molecule has 2 saturated carbocycles. The number of halogens is 4. The van der Waals surface area contributed by atoms with Gasteiger partial charge >= 0.3 is 6.18 Å². The van der Waals surface area contributed by atoms with E-state index in [1.54, 1.807) is 0 Å². The molecule has 0 radical (unpaired) electrons. The predicted octanol–water partition coefficient (Wildman–Crippen LogP) is 5.88. The molecule has 116 valence electrons. The van der Waals surface area contributed by atoms with Crippen LogP contribution in [-0.4, -0.2) is 6.04 Å². The van der Waals surface area contributed by atoms with Crippen LogP contribution in [0.3, 0.4) is 0 Å². The number of hydrogen-bond acceptors (Lipinski definition) is 1. The second-order valence-corrected chi connectivity index (χ2v) is 6.76. The van der Waals surface area contributed by atoms with Gasteiger partial charge in [0.1, 0.15) is 0 Å². The molecule has 0 bridgehead atoms. The van der Waals surface area contributed by atoms with Crippen LogP contribution in [0.15, 0.2) is 18.2 Å². The highest BCUT2D eigenvalue weighted by Crippen LogP contribution is 2.53. The van der Waals surface area contributed by atoms with Gasteiger partial charge in [0.15, 0.2) is 0 Å². The minimum atomic E-state index is -4.34. The zero-order chi connectivity index (χ0) is 15.1. The van der Waals surface area contributed by atoms with Crippen molar-refractivity contribution in [1.82, 2.24) is 0 Å². The highest BCUT2D eigenvalue weighted by atomic mass is 35.5. The van der Waals surface area contributed by atoms with Gasteiger partial charge in [0, 0.05) is 6.04 Å². The van der Waals surface area contributed by atoms with Gasteiger partial charge in [-0.15, -0.1) is 0 Å². The molecule has 1 N–H and O–H groups in total. The highest BCUT2D eigenvalue weighted by Gasteiger charge is 2.46. The molecule has 2 aliphatic carbocycles. The lowest BCUT2D eigenvalue weighted by atomic mass is 9.57. The van der Waals surface area contributed by atoms with Crippen molar-refractivity contribution >= 4 is 17.3 Å². The van der Waals surface area contributed by atoms with Crippen molar-refractivity contribution in [2.45, 2.75) is 57.2 Å². The van der Waals surface area contributed by atoms with Crippen molar-refractivity contribution < 1.29 is 13.2 Å². The first-order valence-electron chi connectivity index (χ1n) is 7.54. The fourth-order valence-electron chi connectivity index (χ4n) is 3.77. The van der Waals surface area contributed by atoms with E-state index in [1.807, 2.05) is 0 Å². The van der Waals surface area contributed by atoms with E-state index in [2.05, 4.69) is 5.32 Å². The van der Waals surface area contributed by atoms with Crippen molar-refractivity contribution in [1.29, 1.82) is 0 Å². The molecule has 0 saturated heterocycles. The maximum Gasteiger partial charge on any atom is 0.416 e. The van der Waals surface area contributed by atoms with Crippen LogP contribution in [0.1, 0.15) is 50.5 Å². The quantitative estimate of drug-likeness (QED) is 0.717. The van der Waals surface area contributed by atoms with E-state index in [9.17, 15) is 13.2 Å². The summed E-state index contributed by atoms with van der Waals surface area (Å²) in [5, 5.41) is 3.54. The van der Waals surface area contributed by atoms with Crippen molar-refractivity contribution in [3.63, 3.8) is 0 Å². The highest BCUT2D eigenvalue weighted by molar-refractivity contribution is 6.33. The molecule has 1 spiro atoms. The van der Waals surface area contributed by atoms with E-state index < -0.39 is 11.7 Å². The average molecular weight is 318 g/mol. The predicted molar refractivity (Wildman–Crippen MR) is 78.6 cm³/mol. The number of rotatable bonds is 2. The van der Waals surface area contributed by atoms with E-state index in [0.717, 1.165) is 18.6 Å². The maximum atomic E-state index is 12.6. The van der Waals surface area contributed by atoms with Crippen molar-refractivity contribution in [2.24, 2.45) is 5.41 Å². The van der Waals surface area contributed by atoms with Gasteiger partial charge in [-0.05, 0) is 49.3 Å². The minimum Gasteiger partial charge on any atom is -0.381 e. The topological polar surface area (TPSA) is 12.0 Å². The molecular formula is C16H19ClF3N. The van der Waals surface area contributed by atoms with Gasteiger partial charge in [0.2, 0.25) is 0 Å². The van der Waals surface area contributed by atoms with Crippen LogP contribution in [0.2, 0.25) is 5.02 Å². The maximum absolute atomic E-state index is 12.6. The Morgan fingerprint density at radius 1 is 1.10 bits per heavy atom. The summed E-state index contributed by atoms with van der Waals surface area (Å²) in [6.07, 6.45) is 4.24. The fraction of sp³-hybridized carbons (Fsp3) is 0.625. The Bertz CT molecular complexity index is 521. The lowest BCUT2D eigenvalue weighted by Crippen LogP contribution is -2.50. The molecule has 0 aromatic heterocycles. The first-order chi connectivity index (χ1) is 9.91. The Hall–Kier alpha value is -0.900. The molecule has 0 aliphatic heterocycles. The van der Waals surface area contributed by atoms with Crippen LogP contribution in [0.5, 0.6) is 0 Å². The molecule has 1 aromatic carbocycles. The van der Waals surface area contributed by atoms with E-state index >= 15 is 0 Å². The van der Waals surface area contributed by atoms with Gasteiger partial charge in [-0.2, -0.15) is 13.2 Å². The number of alkyl halides is 3. The Balaban J connectivity index is 1.73. The molecule has 1 atom stereocenters. The van der Waals surface area contributed by atoms with Gasteiger partial charge in [0.05, 0.1) is 16.3 Å².